The minimum Gasteiger partial charge on any atom is -0.493 e. The molecular formula is C20H31N3O5. The highest BCUT2D eigenvalue weighted by Gasteiger charge is 2.24. The molecule has 1 aromatic carbocycles. The second-order valence-corrected chi connectivity index (χ2v) is 7.15. The van der Waals surface area contributed by atoms with E-state index in [9.17, 15) is 9.59 Å². The molecule has 0 radical (unpaired) electrons. The number of piperidine rings is 1. The first-order valence-electron chi connectivity index (χ1n) is 9.58. The number of nitrogens with zero attached hydrogens (tertiary/aromatic N) is 1. The maximum atomic E-state index is 12.4. The molecule has 0 bridgehead atoms. The van der Waals surface area contributed by atoms with Gasteiger partial charge in [-0.05, 0) is 51.3 Å². The first-order chi connectivity index (χ1) is 13.3. The quantitative estimate of drug-likeness (QED) is 0.775. The fourth-order valence-electron chi connectivity index (χ4n) is 3.15. The van der Waals surface area contributed by atoms with Gasteiger partial charge in [0, 0.05) is 19.1 Å². The van der Waals surface area contributed by atoms with Crippen molar-refractivity contribution in [2.24, 2.45) is 0 Å². The molecule has 0 aromatic heterocycles. The van der Waals surface area contributed by atoms with Crippen molar-refractivity contribution in [3.05, 3.63) is 23.8 Å². The van der Waals surface area contributed by atoms with Crippen molar-refractivity contribution in [2.45, 2.75) is 51.8 Å². The second-order valence-electron chi connectivity index (χ2n) is 7.15. The highest BCUT2D eigenvalue weighted by Crippen LogP contribution is 2.31. The topological polar surface area (TPSA) is 89.1 Å². The number of methoxy groups -OCH3 is 2. The normalized spacial score (nSPS) is 15.7. The zero-order valence-electron chi connectivity index (χ0n) is 17.3. The van der Waals surface area contributed by atoms with Crippen molar-refractivity contribution >= 4 is 12.1 Å². The van der Waals surface area contributed by atoms with Gasteiger partial charge in [0.05, 0.1) is 26.4 Å². The van der Waals surface area contributed by atoms with Crippen LogP contribution >= 0.6 is 0 Å². The Hall–Kier alpha value is -2.64. The summed E-state index contributed by atoms with van der Waals surface area (Å²) in [5.41, 5.74) is 0.920. The van der Waals surface area contributed by atoms with E-state index < -0.39 is 0 Å². The Morgan fingerprint density at radius 1 is 1.11 bits per heavy atom. The number of amides is 3. The molecule has 1 heterocycles. The van der Waals surface area contributed by atoms with Crippen LogP contribution in [-0.4, -0.2) is 56.5 Å². The average Bonchev–Trinajstić information content (AvgIpc) is 2.67. The largest absolute Gasteiger partial charge is 0.493 e. The van der Waals surface area contributed by atoms with E-state index in [4.69, 9.17) is 14.2 Å². The van der Waals surface area contributed by atoms with Crippen LogP contribution in [0.4, 0.5) is 9.59 Å². The molecule has 1 unspecified atom stereocenters. The second kappa shape index (κ2) is 10.1. The lowest BCUT2D eigenvalue weighted by Crippen LogP contribution is -2.49. The molecule has 1 atom stereocenters. The molecule has 0 aliphatic carbocycles. The fraction of sp³-hybridized carbons (Fsp3) is 0.600. The number of hydrogen-bond donors (Lipinski definition) is 2. The van der Waals surface area contributed by atoms with Gasteiger partial charge in [-0.1, -0.05) is 6.07 Å². The van der Waals surface area contributed by atoms with Gasteiger partial charge in [-0.25, -0.2) is 9.59 Å². The molecule has 1 saturated heterocycles. The van der Waals surface area contributed by atoms with Crippen molar-refractivity contribution in [3.63, 3.8) is 0 Å². The number of carbonyl (C=O) groups excluding carboxylic acids is 2. The number of likely N-dealkylation sites (tertiary alicyclic amines) is 1. The van der Waals surface area contributed by atoms with Gasteiger partial charge in [0.1, 0.15) is 0 Å². The Morgan fingerprint density at radius 2 is 1.79 bits per heavy atom. The van der Waals surface area contributed by atoms with E-state index in [0.717, 1.165) is 5.56 Å². The molecule has 0 spiro atoms. The summed E-state index contributed by atoms with van der Waals surface area (Å²) in [4.78, 5) is 25.5. The van der Waals surface area contributed by atoms with E-state index >= 15 is 0 Å². The SMILES string of the molecule is COC(=O)N1CCC(NC(=O)NC(C)c2ccc(OC(C)C)c(OC)c2)CC1. The van der Waals surface area contributed by atoms with E-state index in [0.29, 0.717) is 37.4 Å². The molecule has 1 fully saturated rings. The average molecular weight is 393 g/mol. The Balaban J connectivity index is 1.88. The van der Waals surface area contributed by atoms with Crippen molar-refractivity contribution in [1.82, 2.24) is 15.5 Å². The van der Waals surface area contributed by atoms with Crippen molar-refractivity contribution < 1.29 is 23.8 Å². The van der Waals surface area contributed by atoms with Crippen LogP contribution in [0.1, 0.15) is 45.2 Å². The number of carbonyl (C=O) groups is 2. The van der Waals surface area contributed by atoms with E-state index in [1.165, 1.54) is 7.11 Å². The summed E-state index contributed by atoms with van der Waals surface area (Å²) in [7, 11) is 2.97. The summed E-state index contributed by atoms with van der Waals surface area (Å²) in [6, 6.07) is 5.25. The van der Waals surface area contributed by atoms with E-state index in [1.807, 2.05) is 39.0 Å². The molecule has 28 heavy (non-hydrogen) atoms. The van der Waals surface area contributed by atoms with Crippen LogP contribution in [0.3, 0.4) is 0 Å². The van der Waals surface area contributed by atoms with Gasteiger partial charge in [0.25, 0.3) is 0 Å². The highest BCUT2D eigenvalue weighted by molar-refractivity contribution is 5.75. The minimum absolute atomic E-state index is 0.0319. The summed E-state index contributed by atoms with van der Waals surface area (Å²) in [5.74, 6) is 1.31. The van der Waals surface area contributed by atoms with E-state index in [1.54, 1.807) is 12.0 Å². The molecule has 1 aliphatic rings. The van der Waals surface area contributed by atoms with Crippen LogP contribution in [0.5, 0.6) is 11.5 Å². The van der Waals surface area contributed by atoms with Crippen LogP contribution < -0.4 is 20.1 Å². The van der Waals surface area contributed by atoms with Gasteiger partial charge in [-0.2, -0.15) is 0 Å². The number of rotatable bonds is 6. The molecule has 8 nitrogen and oxygen atoms in total. The molecule has 0 saturated carbocycles. The third-order valence-electron chi connectivity index (χ3n) is 4.66. The van der Waals surface area contributed by atoms with Crippen LogP contribution in [0, 0.1) is 0 Å². The maximum absolute atomic E-state index is 12.4. The van der Waals surface area contributed by atoms with E-state index in [2.05, 4.69) is 10.6 Å². The standard InChI is InChI=1S/C20H31N3O5/c1-13(2)28-17-7-6-15(12-18(17)26-4)14(3)21-19(24)22-16-8-10-23(11-9-16)20(25)27-5/h6-7,12-14,16H,8-11H2,1-5H3,(H2,21,22,24). The molecular weight excluding hydrogens is 362 g/mol. The van der Waals surface area contributed by atoms with Crippen molar-refractivity contribution in [3.8, 4) is 11.5 Å². The summed E-state index contributed by atoms with van der Waals surface area (Å²) in [6.07, 6.45) is 1.12. The summed E-state index contributed by atoms with van der Waals surface area (Å²) in [6.45, 7) is 6.97. The Morgan fingerprint density at radius 3 is 2.36 bits per heavy atom. The van der Waals surface area contributed by atoms with Gasteiger partial charge < -0.3 is 29.7 Å². The monoisotopic (exact) mass is 393 g/mol. The number of ether oxygens (including phenoxy) is 3. The number of nitrogens with one attached hydrogen (secondary N) is 2. The zero-order valence-corrected chi connectivity index (χ0v) is 17.3. The molecule has 2 N–H and O–H groups in total. The number of urea groups is 1. The third-order valence-corrected chi connectivity index (χ3v) is 4.66. The minimum atomic E-state index is -0.324. The third kappa shape index (κ3) is 5.94. The number of hydrogen-bond acceptors (Lipinski definition) is 5. The maximum Gasteiger partial charge on any atom is 0.409 e. The van der Waals surface area contributed by atoms with Gasteiger partial charge in [-0.3, -0.25) is 0 Å². The van der Waals surface area contributed by atoms with Gasteiger partial charge in [-0.15, -0.1) is 0 Å². The lowest BCUT2D eigenvalue weighted by atomic mass is 10.1. The first kappa shape index (κ1) is 21.7. The smallest absolute Gasteiger partial charge is 0.409 e. The zero-order chi connectivity index (χ0) is 20.7. The van der Waals surface area contributed by atoms with Gasteiger partial charge in [0.15, 0.2) is 11.5 Å². The highest BCUT2D eigenvalue weighted by atomic mass is 16.5. The Labute approximate surface area is 166 Å². The molecule has 2 rings (SSSR count). The van der Waals surface area contributed by atoms with Crippen LogP contribution in [0.2, 0.25) is 0 Å². The predicted molar refractivity (Wildman–Crippen MR) is 106 cm³/mol. The molecule has 3 amide bonds. The van der Waals surface area contributed by atoms with E-state index in [-0.39, 0.29) is 30.3 Å². The van der Waals surface area contributed by atoms with Crippen molar-refractivity contribution in [1.29, 1.82) is 0 Å². The first-order valence-corrected chi connectivity index (χ1v) is 9.58. The van der Waals surface area contributed by atoms with Gasteiger partial charge in [0.2, 0.25) is 0 Å². The van der Waals surface area contributed by atoms with Crippen LogP contribution in [-0.2, 0) is 4.74 Å². The van der Waals surface area contributed by atoms with Gasteiger partial charge >= 0.3 is 12.1 Å². The summed E-state index contributed by atoms with van der Waals surface area (Å²) >= 11 is 0. The Kier molecular flexibility index (Phi) is 7.78. The lowest BCUT2D eigenvalue weighted by Gasteiger charge is -2.31. The Bertz CT molecular complexity index is 672. The molecule has 156 valence electrons. The van der Waals surface area contributed by atoms with Crippen LogP contribution in [0.15, 0.2) is 18.2 Å². The molecule has 8 heteroatoms. The number of benzene rings is 1. The molecule has 1 aromatic rings. The predicted octanol–water partition coefficient (Wildman–Crippen LogP) is 3.07. The summed E-state index contributed by atoms with van der Waals surface area (Å²) in [5, 5.41) is 5.93. The van der Waals surface area contributed by atoms with Crippen molar-refractivity contribution in [2.75, 3.05) is 27.3 Å². The summed E-state index contributed by atoms with van der Waals surface area (Å²) < 4.78 is 15.9. The fourth-order valence-corrected chi connectivity index (χ4v) is 3.15. The van der Waals surface area contributed by atoms with Crippen LogP contribution in [0.25, 0.3) is 0 Å². The lowest BCUT2D eigenvalue weighted by molar-refractivity contribution is 0.110. The molecule has 1 aliphatic heterocycles.